The molecule has 0 spiro atoms. The molecule has 0 aliphatic heterocycles. The Labute approximate surface area is 130 Å². The zero-order chi connectivity index (χ0) is 14.0. The number of rotatable bonds is 4. The molecule has 2 N–H and O–H groups in total. The largest absolute Gasteiger partial charge is 0.398 e. The number of thioether (sulfide) groups is 1. The Morgan fingerprint density at radius 1 is 1.47 bits per heavy atom. The van der Waals surface area contributed by atoms with Gasteiger partial charge in [-0.15, -0.1) is 11.8 Å². The van der Waals surface area contributed by atoms with Crippen LogP contribution in [0.5, 0.6) is 0 Å². The second-order valence-corrected chi connectivity index (χ2v) is 6.38. The Hall–Kier alpha value is -0.650. The van der Waals surface area contributed by atoms with E-state index in [0.29, 0.717) is 5.02 Å². The Balaban J connectivity index is 2.21. The summed E-state index contributed by atoms with van der Waals surface area (Å²) in [6.45, 7) is 4.94. The molecule has 0 aliphatic rings. The molecule has 1 heterocycles. The van der Waals surface area contributed by atoms with Gasteiger partial charge < -0.3 is 5.73 Å². The highest BCUT2D eigenvalue weighted by Crippen LogP contribution is 2.33. The van der Waals surface area contributed by atoms with Gasteiger partial charge in [0.25, 0.3) is 0 Å². The number of nitrogen functional groups attached to an aromatic ring is 1. The lowest BCUT2D eigenvalue weighted by atomic mass is 10.3. The summed E-state index contributed by atoms with van der Waals surface area (Å²) in [5.41, 5.74) is 8.89. The molecule has 2 rings (SSSR count). The molecule has 0 amide bonds. The van der Waals surface area contributed by atoms with E-state index >= 15 is 0 Å². The molecule has 3 nitrogen and oxygen atoms in total. The van der Waals surface area contributed by atoms with E-state index in [0.717, 1.165) is 33.0 Å². The van der Waals surface area contributed by atoms with E-state index in [1.165, 1.54) is 5.69 Å². The number of aromatic nitrogens is 2. The van der Waals surface area contributed by atoms with Gasteiger partial charge in [0.2, 0.25) is 0 Å². The van der Waals surface area contributed by atoms with Gasteiger partial charge in [0, 0.05) is 27.9 Å². The topological polar surface area (TPSA) is 43.8 Å². The average molecular weight is 361 g/mol. The van der Waals surface area contributed by atoms with Crippen molar-refractivity contribution in [3.63, 3.8) is 0 Å². The third-order valence-corrected chi connectivity index (χ3v) is 5.14. The van der Waals surface area contributed by atoms with Crippen LogP contribution >= 0.6 is 39.3 Å². The van der Waals surface area contributed by atoms with Crippen molar-refractivity contribution in [3.8, 4) is 0 Å². The van der Waals surface area contributed by atoms with Crippen LogP contribution < -0.4 is 5.73 Å². The minimum Gasteiger partial charge on any atom is -0.398 e. The number of aryl methyl sites for hydroxylation is 2. The van der Waals surface area contributed by atoms with Gasteiger partial charge in [-0.05, 0) is 48.0 Å². The predicted molar refractivity (Wildman–Crippen MR) is 85.8 cm³/mol. The van der Waals surface area contributed by atoms with Crippen molar-refractivity contribution in [2.24, 2.45) is 0 Å². The smallest absolute Gasteiger partial charge is 0.0739 e. The summed E-state index contributed by atoms with van der Waals surface area (Å²) in [6, 6.07) is 5.54. The molecule has 0 radical (unpaired) electrons. The van der Waals surface area contributed by atoms with Gasteiger partial charge >= 0.3 is 0 Å². The fourth-order valence-electron chi connectivity index (χ4n) is 1.79. The number of hydrogen-bond acceptors (Lipinski definition) is 3. The molecule has 6 heteroatoms. The first-order chi connectivity index (χ1) is 9.02. The lowest BCUT2D eigenvalue weighted by molar-refractivity contribution is 0.631. The molecule has 0 fully saturated rings. The molecule has 0 saturated carbocycles. The predicted octanol–water partition coefficient (Wildman–Crippen LogP) is 4.50. The first kappa shape index (κ1) is 14.8. The summed E-state index contributed by atoms with van der Waals surface area (Å²) >= 11 is 11.3. The molecule has 1 aromatic carbocycles. The highest BCUT2D eigenvalue weighted by atomic mass is 79.9. The molecular weight excluding hydrogens is 346 g/mol. The summed E-state index contributed by atoms with van der Waals surface area (Å²) in [5, 5.41) is 5.18. The van der Waals surface area contributed by atoms with E-state index < -0.39 is 0 Å². The van der Waals surface area contributed by atoms with Crippen molar-refractivity contribution in [3.05, 3.63) is 39.1 Å². The summed E-state index contributed by atoms with van der Waals surface area (Å²) in [5.74, 6) is 0.805. The minimum absolute atomic E-state index is 0.705. The van der Waals surface area contributed by atoms with Crippen LogP contribution in [0.15, 0.2) is 27.6 Å². The van der Waals surface area contributed by atoms with Crippen LogP contribution in [0.3, 0.4) is 0 Å². The minimum atomic E-state index is 0.705. The zero-order valence-corrected chi connectivity index (χ0v) is 13.9. The van der Waals surface area contributed by atoms with E-state index in [1.54, 1.807) is 17.8 Å². The SMILES string of the molecule is CCn1nc(C)c(Br)c1CSc1cc(Cl)ccc1N. The molecule has 0 unspecified atom stereocenters. The van der Waals surface area contributed by atoms with Gasteiger partial charge in [0.1, 0.15) is 0 Å². The number of nitrogens with two attached hydrogens (primary N) is 1. The Morgan fingerprint density at radius 3 is 2.89 bits per heavy atom. The third-order valence-electron chi connectivity index (χ3n) is 2.79. The maximum atomic E-state index is 6.00. The van der Waals surface area contributed by atoms with Crippen LogP contribution in [-0.2, 0) is 12.3 Å². The molecule has 0 saturated heterocycles. The Morgan fingerprint density at radius 2 is 2.21 bits per heavy atom. The lowest BCUT2D eigenvalue weighted by Crippen LogP contribution is -2.02. The third kappa shape index (κ3) is 3.27. The van der Waals surface area contributed by atoms with E-state index in [2.05, 4.69) is 28.0 Å². The van der Waals surface area contributed by atoms with Crippen molar-refractivity contribution in [1.82, 2.24) is 9.78 Å². The zero-order valence-electron chi connectivity index (χ0n) is 10.8. The molecule has 102 valence electrons. The Bertz CT molecular complexity index is 598. The molecule has 0 bridgehead atoms. The summed E-state index contributed by atoms with van der Waals surface area (Å²) in [6.07, 6.45) is 0. The van der Waals surface area contributed by atoms with Crippen molar-refractivity contribution in [2.45, 2.75) is 31.0 Å². The van der Waals surface area contributed by atoms with E-state index in [1.807, 2.05) is 23.7 Å². The van der Waals surface area contributed by atoms with Crippen LogP contribution in [-0.4, -0.2) is 9.78 Å². The average Bonchev–Trinajstić information content (AvgIpc) is 2.66. The van der Waals surface area contributed by atoms with E-state index in [4.69, 9.17) is 17.3 Å². The molecular formula is C13H15BrClN3S. The lowest BCUT2D eigenvalue weighted by Gasteiger charge is -2.08. The van der Waals surface area contributed by atoms with Gasteiger partial charge in [0.15, 0.2) is 0 Å². The van der Waals surface area contributed by atoms with Crippen LogP contribution in [0, 0.1) is 6.92 Å². The number of benzene rings is 1. The van der Waals surface area contributed by atoms with Crippen LogP contribution in [0.2, 0.25) is 5.02 Å². The normalized spacial score (nSPS) is 10.9. The van der Waals surface area contributed by atoms with Crippen molar-refractivity contribution in [2.75, 3.05) is 5.73 Å². The maximum Gasteiger partial charge on any atom is 0.0739 e. The second kappa shape index (κ2) is 6.20. The standard InChI is InChI=1S/C13H15BrClN3S/c1-3-18-11(13(14)8(2)17-18)7-19-12-6-9(15)4-5-10(12)16/h4-6H,3,7,16H2,1-2H3. The highest BCUT2D eigenvalue weighted by Gasteiger charge is 2.13. The summed E-state index contributed by atoms with van der Waals surface area (Å²) in [7, 11) is 0. The number of hydrogen-bond donors (Lipinski definition) is 1. The molecule has 1 aromatic heterocycles. The number of anilines is 1. The molecule has 19 heavy (non-hydrogen) atoms. The first-order valence-corrected chi connectivity index (χ1v) is 8.08. The fourth-order valence-corrected chi connectivity index (χ4v) is 3.66. The van der Waals surface area contributed by atoms with Gasteiger partial charge in [-0.1, -0.05) is 11.6 Å². The van der Waals surface area contributed by atoms with Crippen LogP contribution in [0.25, 0.3) is 0 Å². The second-order valence-electron chi connectivity index (χ2n) is 4.13. The quantitative estimate of drug-likeness (QED) is 0.645. The molecule has 2 aromatic rings. The van der Waals surface area contributed by atoms with E-state index in [-0.39, 0.29) is 0 Å². The molecule has 0 atom stereocenters. The van der Waals surface area contributed by atoms with Gasteiger partial charge in [-0.25, -0.2) is 0 Å². The maximum absolute atomic E-state index is 6.00. The van der Waals surface area contributed by atoms with Gasteiger partial charge in [0.05, 0.1) is 15.9 Å². The molecule has 0 aliphatic carbocycles. The van der Waals surface area contributed by atoms with Gasteiger partial charge in [-0.2, -0.15) is 5.10 Å². The van der Waals surface area contributed by atoms with Crippen molar-refractivity contribution < 1.29 is 0 Å². The van der Waals surface area contributed by atoms with Crippen LogP contribution in [0.1, 0.15) is 18.3 Å². The number of nitrogens with zero attached hydrogens (tertiary/aromatic N) is 2. The van der Waals surface area contributed by atoms with Crippen LogP contribution in [0.4, 0.5) is 5.69 Å². The Kier molecular flexibility index (Phi) is 4.81. The summed E-state index contributed by atoms with van der Waals surface area (Å²) < 4.78 is 3.08. The summed E-state index contributed by atoms with van der Waals surface area (Å²) in [4.78, 5) is 1.00. The van der Waals surface area contributed by atoms with E-state index in [9.17, 15) is 0 Å². The number of halogens is 2. The monoisotopic (exact) mass is 359 g/mol. The first-order valence-electron chi connectivity index (χ1n) is 5.92. The highest BCUT2D eigenvalue weighted by molar-refractivity contribution is 9.10. The van der Waals surface area contributed by atoms with Crippen molar-refractivity contribution >= 4 is 45.0 Å². The van der Waals surface area contributed by atoms with Crippen molar-refractivity contribution in [1.29, 1.82) is 0 Å². The van der Waals surface area contributed by atoms with Gasteiger partial charge in [-0.3, -0.25) is 4.68 Å². The fraction of sp³-hybridized carbons (Fsp3) is 0.308.